The molecule has 0 aromatic heterocycles. The second-order valence-electron chi connectivity index (χ2n) is 5.38. The molecule has 0 N–H and O–H groups in total. The molecule has 2 aliphatic heterocycles. The van der Waals surface area contributed by atoms with Gasteiger partial charge >= 0.3 is 0 Å². The van der Waals surface area contributed by atoms with Crippen molar-refractivity contribution in [2.75, 3.05) is 24.6 Å². The fourth-order valence-corrected chi connectivity index (χ4v) is 4.94. The van der Waals surface area contributed by atoms with E-state index in [0.29, 0.717) is 23.3 Å². The van der Waals surface area contributed by atoms with Crippen molar-refractivity contribution in [3.05, 3.63) is 34.3 Å². The lowest BCUT2D eigenvalue weighted by Crippen LogP contribution is -2.55. The highest BCUT2D eigenvalue weighted by atomic mass is 79.9. The molecule has 2 aliphatic rings. The fraction of sp³-hybridized carbons (Fsp3) is 0.538. The Morgan fingerprint density at radius 1 is 1.17 bits per heavy atom. The SMILES string of the molecule is O=S1(=O)CC(C2CN(Cc3ccccc3Br)C2)C1. The van der Waals surface area contributed by atoms with Gasteiger partial charge in [0.15, 0.2) is 9.84 Å². The molecule has 3 nitrogen and oxygen atoms in total. The molecule has 1 aromatic carbocycles. The van der Waals surface area contributed by atoms with Gasteiger partial charge in [-0.1, -0.05) is 34.1 Å². The van der Waals surface area contributed by atoms with Crippen LogP contribution in [0.5, 0.6) is 0 Å². The fourth-order valence-electron chi connectivity index (χ4n) is 2.78. The molecular weight excluding hydrogens is 314 g/mol. The summed E-state index contributed by atoms with van der Waals surface area (Å²) in [6.45, 7) is 3.04. The summed E-state index contributed by atoms with van der Waals surface area (Å²) in [6, 6.07) is 8.26. The third-order valence-corrected chi connectivity index (χ3v) is 6.59. The standard InChI is InChI=1S/C13H16BrNO2S/c14-13-4-2-1-3-10(13)5-15-6-11(7-15)12-8-18(16,17)9-12/h1-4,11-12H,5-9H2. The highest BCUT2D eigenvalue weighted by Crippen LogP contribution is 2.33. The van der Waals surface area contributed by atoms with Crippen molar-refractivity contribution in [1.82, 2.24) is 4.90 Å². The van der Waals surface area contributed by atoms with Gasteiger partial charge in [0.05, 0.1) is 11.5 Å². The van der Waals surface area contributed by atoms with Gasteiger partial charge in [0.25, 0.3) is 0 Å². The molecule has 18 heavy (non-hydrogen) atoms. The number of halogens is 1. The maximum atomic E-state index is 11.1. The first-order chi connectivity index (χ1) is 8.53. The molecular formula is C13H16BrNO2S. The number of sulfone groups is 1. The molecule has 2 fully saturated rings. The van der Waals surface area contributed by atoms with Crippen LogP contribution < -0.4 is 0 Å². The first-order valence-electron chi connectivity index (χ1n) is 6.20. The van der Waals surface area contributed by atoms with Crippen LogP contribution in [0, 0.1) is 11.8 Å². The molecule has 98 valence electrons. The number of hydrogen-bond donors (Lipinski definition) is 0. The van der Waals surface area contributed by atoms with E-state index in [4.69, 9.17) is 0 Å². The van der Waals surface area contributed by atoms with Crippen LogP contribution in [0.15, 0.2) is 28.7 Å². The summed E-state index contributed by atoms with van der Waals surface area (Å²) in [5, 5.41) is 0. The maximum Gasteiger partial charge on any atom is 0.150 e. The van der Waals surface area contributed by atoms with E-state index in [0.717, 1.165) is 24.1 Å². The summed E-state index contributed by atoms with van der Waals surface area (Å²) in [4.78, 5) is 2.38. The highest BCUT2D eigenvalue weighted by Gasteiger charge is 2.43. The topological polar surface area (TPSA) is 37.4 Å². The zero-order valence-corrected chi connectivity index (χ0v) is 12.5. The average Bonchev–Trinajstić information content (AvgIpc) is 2.22. The van der Waals surface area contributed by atoms with Crippen molar-refractivity contribution < 1.29 is 8.42 Å². The molecule has 5 heteroatoms. The first-order valence-corrected chi connectivity index (χ1v) is 8.81. The van der Waals surface area contributed by atoms with Crippen molar-refractivity contribution in [3.8, 4) is 0 Å². The van der Waals surface area contributed by atoms with Crippen LogP contribution >= 0.6 is 15.9 Å². The van der Waals surface area contributed by atoms with Gasteiger partial charge in [-0.25, -0.2) is 8.42 Å². The lowest BCUT2D eigenvalue weighted by atomic mass is 9.87. The van der Waals surface area contributed by atoms with Crippen LogP contribution in [-0.2, 0) is 16.4 Å². The minimum absolute atomic E-state index is 0.417. The minimum Gasteiger partial charge on any atom is -0.298 e. The Kier molecular flexibility index (Phi) is 3.24. The van der Waals surface area contributed by atoms with E-state index in [9.17, 15) is 8.42 Å². The lowest BCUT2D eigenvalue weighted by Gasteiger charge is -2.46. The van der Waals surface area contributed by atoms with Gasteiger partial charge in [-0.05, 0) is 23.5 Å². The second kappa shape index (κ2) is 4.62. The van der Waals surface area contributed by atoms with E-state index in [2.05, 4.69) is 39.0 Å². The molecule has 2 saturated heterocycles. The van der Waals surface area contributed by atoms with E-state index in [1.807, 2.05) is 6.07 Å². The predicted octanol–water partition coefficient (Wildman–Crippen LogP) is 1.93. The summed E-state index contributed by atoms with van der Waals surface area (Å²) in [5.74, 6) is 1.85. The predicted molar refractivity (Wildman–Crippen MR) is 75.1 cm³/mol. The Labute approximate surface area is 116 Å². The first kappa shape index (κ1) is 12.6. The van der Waals surface area contributed by atoms with Gasteiger partial charge in [0.1, 0.15) is 0 Å². The quantitative estimate of drug-likeness (QED) is 0.850. The zero-order chi connectivity index (χ0) is 12.8. The number of likely N-dealkylation sites (tertiary alicyclic amines) is 1. The van der Waals surface area contributed by atoms with Gasteiger partial charge in [-0.15, -0.1) is 0 Å². The van der Waals surface area contributed by atoms with Gasteiger partial charge < -0.3 is 0 Å². The Morgan fingerprint density at radius 3 is 2.44 bits per heavy atom. The summed E-state index contributed by atoms with van der Waals surface area (Å²) >= 11 is 3.56. The summed E-state index contributed by atoms with van der Waals surface area (Å²) in [6.07, 6.45) is 0. The molecule has 0 aliphatic carbocycles. The smallest absolute Gasteiger partial charge is 0.150 e. The Bertz CT molecular complexity index is 540. The summed E-state index contributed by atoms with van der Waals surface area (Å²) < 4.78 is 23.4. The van der Waals surface area contributed by atoms with Crippen molar-refractivity contribution in [2.24, 2.45) is 11.8 Å². The third kappa shape index (κ3) is 2.49. The van der Waals surface area contributed by atoms with Crippen molar-refractivity contribution >= 4 is 25.8 Å². The van der Waals surface area contributed by atoms with Gasteiger partial charge in [0.2, 0.25) is 0 Å². The zero-order valence-electron chi connectivity index (χ0n) is 10.0. The van der Waals surface area contributed by atoms with Crippen LogP contribution in [0.4, 0.5) is 0 Å². The van der Waals surface area contributed by atoms with E-state index in [1.165, 1.54) is 5.56 Å². The van der Waals surface area contributed by atoms with Crippen LogP contribution in [-0.4, -0.2) is 37.9 Å². The lowest BCUT2D eigenvalue weighted by molar-refractivity contribution is 0.0588. The molecule has 0 unspecified atom stereocenters. The summed E-state index contributed by atoms with van der Waals surface area (Å²) in [7, 11) is -2.66. The number of rotatable bonds is 3. The summed E-state index contributed by atoms with van der Waals surface area (Å²) in [5.41, 5.74) is 1.30. The Hall–Kier alpha value is -0.390. The highest BCUT2D eigenvalue weighted by molar-refractivity contribution is 9.10. The molecule has 3 rings (SSSR count). The minimum atomic E-state index is -2.66. The van der Waals surface area contributed by atoms with E-state index in [-0.39, 0.29) is 0 Å². The Balaban J connectivity index is 1.50. The number of hydrogen-bond acceptors (Lipinski definition) is 3. The van der Waals surface area contributed by atoms with Crippen LogP contribution in [0.25, 0.3) is 0 Å². The van der Waals surface area contributed by atoms with Crippen LogP contribution in [0.3, 0.4) is 0 Å². The normalized spacial score (nSPS) is 24.5. The van der Waals surface area contributed by atoms with E-state index in [1.54, 1.807) is 0 Å². The molecule has 0 amide bonds. The van der Waals surface area contributed by atoms with Gasteiger partial charge in [-0.3, -0.25) is 4.90 Å². The van der Waals surface area contributed by atoms with E-state index >= 15 is 0 Å². The largest absolute Gasteiger partial charge is 0.298 e. The maximum absolute atomic E-state index is 11.1. The van der Waals surface area contributed by atoms with Gasteiger partial charge in [-0.2, -0.15) is 0 Å². The second-order valence-corrected chi connectivity index (χ2v) is 8.39. The molecule has 0 spiro atoms. The molecule has 0 bridgehead atoms. The van der Waals surface area contributed by atoms with Crippen molar-refractivity contribution in [2.45, 2.75) is 6.54 Å². The number of nitrogens with zero attached hydrogens (tertiary/aromatic N) is 1. The molecule has 1 aromatic rings. The third-order valence-electron chi connectivity index (χ3n) is 3.94. The van der Waals surface area contributed by atoms with Crippen molar-refractivity contribution in [1.29, 1.82) is 0 Å². The molecule has 0 radical (unpaired) electrons. The van der Waals surface area contributed by atoms with E-state index < -0.39 is 9.84 Å². The monoisotopic (exact) mass is 329 g/mol. The van der Waals surface area contributed by atoms with Gasteiger partial charge in [0, 0.05) is 24.1 Å². The van der Waals surface area contributed by atoms with Crippen molar-refractivity contribution in [3.63, 3.8) is 0 Å². The molecule has 2 heterocycles. The Morgan fingerprint density at radius 2 is 1.83 bits per heavy atom. The molecule has 0 atom stereocenters. The molecule has 0 saturated carbocycles. The van der Waals surface area contributed by atoms with Crippen LogP contribution in [0.2, 0.25) is 0 Å². The van der Waals surface area contributed by atoms with Crippen LogP contribution in [0.1, 0.15) is 5.56 Å². The average molecular weight is 330 g/mol. The number of benzene rings is 1.